The van der Waals surface area contributed by atoms with Gasteiger partial charge in [-0.25, -0.2) is 16.8 Å². The SMILES string of the molecule is C=c1cc2c(cc1C)=C(c1ccc(S(=O)(=O)[O-])cc1S(=O)(=O)[O-])c1cc(C)c(C)cc1O2. The summed E-state index contributed by atoms with van der Waals surface area (Å²) < 4.78 is 76.9. The first kappa shape index (κ1) is 22.2. The van der Waals surface area contributed by atoms with Crippen molar-refractivity contribution in [1.82, 2.24) is 0 Å². The molecule has 0 saturated heterocycles. The van der Waals surface area contributed by atoms with Gasteiger partial charge in [-0.2, -0.15) is 0 Å². The fourth-order valence-corrected chi connectivity index (χ4v) is 4.99. The number of hydrogen-bond donors (Lipinski definition) is 0. The van der Waals surface area contributed by atoms with Gasteiger partial charge in [0.1, 0.15) is 31.7 Å². The molecule has 166 valence electrons. The van der Waals surface area contributed by atoms with Gasteiger partial charge in [-0.1, -0.05) is 12.6 Å². The van der Waals surface area contributed by atoms with Crippen LogP contribution in [-0.4, -0.2) is 25.9 Å². The summed E-state index contributed by atoms with van der Waals surface area (Å²) in [7, 11) is -10.1. The molecular formula is C23H18O7S2-2. The molecule has 9 heteroatoms. The zero-order valence-corrected chi connectivity index (χ0v) is 19.1. The van der Waals surface area contributed by atoms with Crippen molar-refractivity contribution in [1.29, 1.82) is 0 Å². The highest BCUT2D eigenvalue weighted by atomic mass is 32.2. The summed E-state index contributed by atoms with van der Waals surface area (Å²) in [6.45, 7) is 9.58. The first-order chi connectivity index (χ1) is 14.8. The topological polar surface area (TPSA) is 124 Å². The minimum absolute atomic E-state index is 0.0161. The van der Waals surface area contributed by atoms with Crippen LogP contribution in [0.1, 0.15) is 27.8 Å². The molecule has 1 heterocycles. The normalized spacial score (nSPS) is 13.3. The van der Waals surface area contributed by atoms with Crippen molar-refractivity contribution in [3.05, 3.63) is 80.7 Å². The lowest BCUT2D eigenvalue weighted by molar-refractivity contribution is 0.460. The molecule has 0 amide bonds. The van der Waals surface area contributed by atoms with E-state index in [1.54, 1.807) is 18.2 Å². The van der Waals surface area contributed by atoms with Crippen molar-refractivity contribution >= 4 is 32.4 Å². The molecule has 7 nitrogen and oxygen atoms in total. The van der Waals surface area contributed by atoms with E-state index in [0.717, 1.165) is 22.8 Å². The van der Waals surface area contributed by atoms with Gasteiger partial charge < -0.3 is 13.8 Å². The third-order valence-electron chi connectivity index (χ3n) is 5.57. The van der Waals surface area contributed by atoms with E-state index in [-0.39, 0.29) is 5.56 Å². The Morgan fingerprint density at radius 2 is 1.41 bits per heavy atom. The van der Waals surface area contributed by atoms with Gasteiger partial charge in [0, 0.05) is 21.9 Å². The summed E-state index contributed by atoms with van der Waals surface area (Å²) in [5.74, 6) is 0.870. The van der Waals surface area contributed by atoms with Gasteiger partial charge in [0.15, 0.2) is 0 Å². The zero-order chi connectivity index (χ0) is 23.6. The zero-order valence-electron chi connectivity index (χ0n) is 17.4. The van der Waals surface area contributed by atoms with Crippen LogP contribution in [-0.2, 0) is 20.2 Å². The average molecular weight is 471 g/mol. The van der Waals surface area contributed by atoms with Crippen LogP contribution in [0.5, 0.6) is 11.5 Å². The van der Waals surface area contributed by atoms with E-state index in [0.29, 0.717) is 39.1 Å². The Morgan fingerprint density at radius 3 is 2.03 bits per heavy atom. The fourth-order valence-electron chi connectivity index (χ4n) is 3.70. The van der Waals surface area contributed by atoms with Crippen molar-refractivity contribution < 1.29 is 30.7 Å². The van der Waals surface area contributed by atoms with Gasteiger partial charge in [0.25, 0.3) is 0 Å². The molecule has 3 aromatic rings. The highest BCUT2D eigenvalue weighted by Crippen LogP contribution is 2.39. The lowest BCUT2D eigenvalue weighted by Crippen LogP contribution is -2.22. The molecule has 0 aliphatic carbocycles. The highest BCUT2D eigenvalue weighted by molar-refractivity contribution is 7.86. The second kappa shape index (κ2) is 7.28. The maximum absolute atomic E-state index is 12.1. The Kier molecular flexibility index (Phi) is 5.05. The van der Waals surface area contributed by atoms with Gasteiger partial charge in [-0.15, -0.1) is 0 Å². The molecule has 0 unspecified atom stereocenters. The summed E-state index contributed by atoms with van der Waals surface area (Å²) in [4.78, 5) is -1.59. The van der Waals surface area contributed by atoms with E-state index in [1.165, 1.54) is 6.07 Å². The number of benzene rings is 3. The molecule has 3 aromatic carbocycles. The van der Waals surface area contributed by atoms with Gasteiger partial charge in [-0.05, 0) is 79.1 Å². The first-order valence-corrected chi connectivity index (χ1v) is 12.3. The van der Waals surface area contributed by atoms with Crippen LogP contribution < -0.4 is 15.2 Å². The van der Waals surface area contributed by atoms with Gasteiger partial charge in [0.2, 0.25) is 0 Å². The molecule has 1 aliphatic rings. The minimum Gasteiger partial charge on any atom is -0.744 e. The molecule has 0 atom stereocenters. The molecule has 0 saturated carbocycles. The molecule has 1 aliphatic heterocycles. The van der Waals surface area contributed by atoms with Crippen LogP contribution in [0.3, 0.4) is 0 Å². The minimum atomic E-state index is -5.13. The Morgan fingerprint density at radius 1 is 0.750 bits per heavy atom. The Hall–Kier alpha value is -2.98. The van der Waals surface area contributed by atoms with Crippen molar-refractivity contribution in [3.63, 3.8) is 0 Å². The maximum atomic E-state index is 12.1. The number of hydrogen-bond acceptors (Lipinski definition) is 7. The third-order valence-corrected chi connectivity index (χ3v) is 7.28. The van der Waals surface area contributed by atoms with Crippen molar-refractivity contribution in [2.24, 2.45) is 0 Å². The largest absolute Gasteiger partial charge is 0.744 e. The van der Waals surface area contributed by atoms with Crippen LogP contribution in [0.15, 0.2) is 52.3 Å². The van der Waals surface area contributed by atoms with E-state index in [4.69, 9.17) is 4.74 Å². The number of ether oxygens (including phenoxy) is 1. The summed E-state index contributed by atoms with van der Waals surface area (Å²) in [5.41, 5.74) is 3.57. The Labute approximate surface area is 185 Å². The molecule has 0 aromatic heterocycles. The first-order valence-electron chi connectivity index (χ1n) is 9.47. The van der Waals surface area contributed by atoms with Crippen LogP contribution in [0, 0.1) is 20.8 Å². The molecular weight excluding hydrogens is 452 g/mol. The van der Waals surface area contributed by atoms with Gasteiger partial charge in [0.05, 0.1) is 9.79 Å². The van der Waals surface area contributed by atoms with E-state index in [9.17, 15) is 25.9 Å². The predicted molar refractivity (Wildman–Crippen MR) is 116 cm³/mol. The van der Waals surface area contributed by atoms with E-state index >= 15 is 0 Å². The lowest BCUT2D eigenvalue weighted by atomic mass is 9.90. The van der Waals surface area contributed by atoms with Crippen LogP contribution in [0.2, 0.25) is 0 Å². The molecule has 32 heavy (non-hydrogen) atoms. The smallest absolute Gasteiger partial charge is 0.135 e. The summed E-state index contributed by atoms with van der Waals surface area (Å²) in [5, 5.41) is 1.23. The standard InChI is InChI=1S/C23H20O7S2/c1-12-7-18-20(9-14(12)3)30-21-10-15(4)13(2)8-19(21)23(18)17-6-5-16(31(24,25)26)11-22(17)32(27,28)29/h5-11H,3H2,1-2,4H3,(H,24,25,26)(H,27,28,29)/p-2. The van der Waals surface area contributed by atoms with E-state index < -0.39 is 30.0 Å². The van der Waals surface area contributed by atoms with E-state index in [2.05, 4.69) is 6.58 Å². The highest BCUT2D eigenvalue weighted by Gasteiger charge is 2.25. The average Bonchev–Trinajstić information content (AvgIpc) is 2.67. The quantitative estimate of drug-likeness (QED) is 0.420. The van der Waals surface area contributed by atoms with E-state index in [1.807, 2.05) is 26.8 Å². The second-order valence-corrected chi connectivity index (χ2v) is 10.5. The summed E-state index contributed by atoms with van der Waals surface area (Å²) in [6.07, 6.45) is 0. The molecule has 0 radical (unpaired) electrons. The van der Waals surface area contributed by atoms with Crippen molar-refractivity contribution in [2.45, 2.75) is 30.6 Å². The number of fused-ring (bicyclic) bond motifs is 2. The van der Waals surface area contributed by atoms with Crippen molar-refractivity contribution in [3.8, 4) is 11.5 Å². The monoisotopic (exact) mass is 470 g/mol. The predicted octanol–water partition coefficient (Wildman–Crippen LogP) is 2.18. The lowest BCUT2D eigenvalue weighted by Gasteiger charge is -2.25. The van der Waals surface area contributed by atoms with Gasteiger partial charge in [-0.3, -0.25) is 0 Å². The number of aryl methyl sites for hydroxylation is 3. The fraction of sp³-hybridized carbons (Fsp3) is 0.130. The molecule has 0 bridgehead atoms. The van der Waals surface area contributed by atoms with Crippen LogP contribution in [0.4, 0.5) is 0 Å². The Bertz CT molecular complexity index is 1630. The summed E-state index contributed by atoms with van der Waals surface area (Å²) in [6, 6.07) is 9.89. The molecule has 0 fully saturated rings. The summed E-state index contributed by atoms with van der Waals surface area (Å²) >= 11 is 0. The van der Waals surface area contributed by atoms with Crippen molar-refractivity contribution in [2.75, 3.05) is 0 Å². The third kappa shape index (κ3) is 3.73. The van der Waals surface area contributed by atoms with Crippen LogP contribution >= 0.6 is 0 Å². The molecule has 4 rings (SSSR count). The maximum Gasteiger partial charge on any atom is 0.135 e. The van der Waals surface area contributed by atoms with Gasteiger partial charge >= 0.3 is 0 Å². The second-order valence-electron chi connectivity index (χ2n) is 7.75. The Balaban J connectivity index is 2.23. The number of rotatable bonds is 3. The van der Waals surface area contributed by atoms with Crippen LogP contribution in [0.25, 0.3) is 12.2 Å². The molecule has 0 N–H and O–H groups in total. The molecule has 0 spiro atoms.